The van der Waals surface area contributed by atoms with Crippen LogP contribution in [0.4, 0.5) is 0 Å². The summed E-state index contributed by atoms with van der Waals surface area (Å²) in [7, 11) is 1.28. The van der Waals surface area contributed by atoms with Crippen molar-refractivity contribution in [3.8, 4) is 0 Å². The minimum atomic E-state index is -0.634. The lowest BCUT2D eigenvalue weighted by molar-refractivity contribution is -0.145. The van der Waals surface area contributed by atoms with Crippen LogP contribution >= 0.6 is 11.6 Å². The molecule has 6 nitrogen and oxygen atoms in total. The van der Waals surface area contributed by atoms with Gasteiger partial charge in [0.15, 0.2) is 0 Å². The molecule has 0 aromatic rings. The van der Waals surface area contributed by atoms with E-state index in [1.54, 1.807) is 0 Å². The number of amidine groups is 1. The average Bonchev–Trinajstić information content (AvgIpc) is 2.31. The van der Waals surface area contributed by atoms with Gasteiger partial charge in [0.2, 0.25) is 5.91 Å². The zero-order valence-corrected chi connectivity index (χ0v) is 10.8. The number of methoxy groups -OCH3 is 1. The number of nitrogens with two attached hydrogens (primary N) is 1. The van der Waals surface area contributed by atoms with Gasteiger partial charge in [0, 0.05) is 13.5 Å². The van der Waals surface area contributed by atoms with Gasteiger partial charge in [-0.15, -0.1) is 11.6 Å². The number of aliphatic imine (C=N–C) groups is 1. The average molecular weight is 264 g/mol. The molecule has 3 N–H and O–H groups in total. The highest BCUT2D eigenvalue weighted by Crippen LogP contribution is 2.00. The Labute approximate surface area is 106 Å². The Morgan fingerprint density at radius 2 is 2.18 bits per heavy atom. The molecule has 0 fully saturated rings. The molecular weight excluding hydrogens is 246 g/mol. The van der Waals surface area contributed by atoms with Gasteiger partial charge in [0.05, 0.1) is 13.0 Å². The molecule has 0 rings (SSSR count). The molecule has 0 heterocycles. The van der Waals surface area contributed by atoms with Crippen LogP contribution in [0.15, 0.2) is 4.99 Å². The first-order valence-electron chi connectivity index (χ1n) is 5.21. The lowest BCUT2D eigenvalue weighted by Gasteiger charge is -2.14. The fourth-order valence-electron chi connectivity index (χ4n) is 1.20. The fourth-order valence-corrected chi connectivity index (χ4v) is 1.28. The van der Waals surface area contributed by atoms with E-state index in [0.717, 1.165) is 0 Å². The van der Waals surface area contributed by atoms with Gasteiger partial charge in [0.25, 0.3) is 0 Å². The van der Waals surface area contributed by atoms with Gasteiger partial charge in [-0.3, -0.25) is 9.79 Å². The predicted octanol–water partition coefficient (Wildman–Crippen LogP) is 0.0403. The van der Waals surface area contributed by atoms with Crippen molar-refractivity contribution in [3.63, 3.8) is 0 Å². The Hall–Kier alpha value is -1.30. The van der Waals surface area contributed by atoms with Crippen LogP contribution in [0.1, 0.15) is 19.8 Å². The van der Waals surface area contributed by atoms with Crippen molar-refractivity contribution in [2.75, 3.05) is 19.5 Å². The zero-order valence-electron chi connectivity index (χ0n) is 10.0. The van der Waals surface area contributed by atoms with Gasteiger partial charge in [-0.25, -0.2) is 4.79 Å². The molecule has 0 saturated heterocycles. The second-order valence-electron chi connectivity index (χ2n) is 3.43. The second kappa shape index (κ2) is 8.81. The summed E-state index contributed by atoms with van der Waals surface area (Å²) in [6.45, 7) is 1.81. The van der Waals surface area contributed by atoms with Gasteiger partial charge in [-0.05, 0) is 12.8 Å². The quantitative estimate of drug-likeness (QED) is 0.223. The van der Waals surface area contributed by atoms with Crippen LogP contribution in [0.2, 0.25) is 0 Å². The van der Waals surface area contributed by atoms with Crippen molar-refractivity contribution < 1.29 is 14.3 Å². The number of esters is 1. The number of hydrogen-bond donors (Lipinski definition) is 2. The third-order valence-electron chi connectivity index (χ3n) is 1.97. The molecule has 1 atom stereocenters. The number of amides is 1. The van der Waals surface area contributed by atoms with Crippen molar-refractivity contribution in [3.05, 3.63) is 0 Å². The van der Waals surface area contributed by atoms with Crippen molar-refractivity contribution in [1.29, 1.82) is 0 Å². The van der Waals surface area contributed by atoms with E-state index in [-0.39, 0.29) is 11.8 Å². The number of nitrogens with one attached hydrogen (secondary N) is 1. The number of nitrogens with zero attached hydrogens (tertiary/aromatic N) is 1. The first-order chi connectivity index (χ1) is 8.01. The minimum Gasteiger partial charge on any atom is -0.467 e. The SMILES string of the molecule is COC(=O)[C@@H](CCCN=C(N)CCl)NC(C)=O. The predicted molar refractivity (Wildman–Crippen MR) is 66.1 cm³/mol. The van der Waals surface area contributed by atoms with Crippen molar-refractivity contribution in [2.45, 2.75) is 25.8 Å². The molecule has 98 valence electrons. The Balaban J connectivity index is 4.08. The molecule has 17 heavy (non-hydrogen) atoms. The third-order valence-corrected chi connectivity index (χ3v) is 2.24. The molecule has 0 unspecified atom stereocenters. The summed E-state index contributed by atoms with van der Waals surface area (Å²) < 4.78 is 4.58. The summed E-state index contributed by atoms with van der Waals surface area (Å²) in [6.07, 6.45) is 1.06. The lowest BCUT2D eigenvalue weighted by atomic mass is 10.1. The topological polar surface area (TPSA) is 93.8 Å². The van der Waals surface area contributed by atoms with E-state index >= 15 is 0 Å². The Kier molecular flexibility index (Phi) is 8.13. The molecular formula is C10H18ClN3O3. The van der Waals surface area contributed by atoms with Crippen molar-refractivity contribution >= 4 is 29.3 Å². The largest absolute Gasteiger partial charge is 0.467 e. The lowest BCUT2D eigenvalue weighted by Crippen LogP contribution is -2.40. The molecule has 0 aliphatic carbocycles. The van der Waals surface area contributed by atoms with Gasteiger partial charge in [0.1, 0.15) is 11.9 Å². The highest BCUT2D eigenvalue weighted by atomic mass is 35.5. The fraction of sp³-hybridized carbons (Fsp3) is 0.700. The molecule has 0 aliphatic rings. The van der Waals surface area contributed by atoms with E-state index in [1.165, 1.54) is 14.0 Å². The highest BCUT2D eigenvalue weighted by Gasteiger charge is 2.19. The number of ether oxygens (including phenoxy) is 1. The Morgan fingerprint density at radius 1 is 1.53 bits per heavy atom. The molecule has 0 aromatic heterocycles. The summed E-state index contributed by atoms with van der Waals surface area (Å²) in [6, 6.07) is -0.634. The van der Waals surface area contributed by atoms with Crippen LogP contribution in [0, 0.1) is 0 Å². The van der Waals surface area contributed by atoms with Crippen LogP contribution in [0.3, 0.4) is 0 Å². The van der Waals surface area contributed by atoms with E-state index in [0.29, 0.717) is 25.2 Å². The molecule has 1 amide bonds. The number of rotatable bonds is 7. The number of carbonyl (C=O) groups is 2. The minimum absolute atomic E-state index is 0.187. The van der Waals surface area contributed by atoms with Crippen LogP contribution in [-0.2, 0) is 14.3 Å². The van der Waals surface area contributed by atoms with Crippen LogP contribution in [0.25, 0.3) is 0 Å². The molecule has 0 spiro atoms. The summed E-state index contributed by atoms with van der Waals surface area (Å²) >= 11 is 5.45. The molecule has 0 aliphatic heterocycles. The van der Waals surface area contributed by atoms with E-state index in [1.807, 2.05) is 0 Å². The molecule has 0 bridgehead atoms. The summed E-state index contributed by atoms with van der Waals surface area (Å²) in [5.41, 5.74) is 5.41. The number of halogens is 1. The first-order valence-corrected chi connectivity index (χ1v) is 5.74. The molecule has 0 radical (unpaired) electrons. The maximum atomic E-state index is 11.3. The number of carbonyl (C=O) groups excluding carboxylic acids is 2. The van der Waals surface area contributed by atoms with Crippen LogP contribution in [-0.4, -0.2) is 43.3 Å². The van der Waals surface area contributed by atoms with E-state index in [4.69, 9.17) is 17.3 Å². The Bertz CT molecular complexity index is 295. The summed E-state index contributed by atoms with van der Waals surface area (Å²) in [4.78, 5) is 26.2. The van der Waals surface area contributed by atoms with Gasteiger partial charge in [-0.2, -0.15) is 0 Å². The number of alkyl halides is 1. The smallest absolute Gasteiger partial charge is 0.328 e. The second-order valence-corrected chi connectivity index (χ2v) is 3.69. The van der Waals surface area contributed by atoms with Gasteiger partial charge < -0.3 is 15.8 Å². The first kappa shape index (κ1) is 15.7. The standard InChI is InChI=1S/C10H18ClN3O3/c1-7(15)14-8(10(16)17-2)4-3-5-13-9(12)6-11/h8H,3-6H2,1-2H3,(H2,12,13)(H,14,15)/t8-/m1/s1. The third kappa shape index (κ3) is 7.57. The normalized spacial score (nSPS) is 13.0. The van der Waals surface area contributed by atoms with Crippen LogP contribution in [0.5, 0.6) is 0 Å². The maximum Gasteiger partial charge on any atom is 0.328 e. The summed E-state index contributed by atoms with van der Waals surface area (Å²) in [5.74, 6) is -0.189. The van der Waals surface area contributed by atoms with Crippen molar-refractivity contribution in [1.82, 2.24) is 5.32 Å². The zero-order chi connectivity index (χ0) is 13.3. The molecule has 7 heteroatoms. The van der Waals surface area contributed by atoms with Gasteiger partial charge >= 0.3 is 5.97 Å². The van der Waals surface area contributed by atoms with Crippen molar-refractivity contribution in [2.24, 2.45) is 10.7 Å². The van der Waals surface area contributed by atoms with E-state index < -0.39 is 12.0 Å². The number of hydrogen-bond acceptors (Lipinski definition) is 4. The maximum absolute atomic E-state index is 11.3. The molecule has 0 saturated carbocycles. The van der Waals surface area contributed by atoms with E-state index in [9.17, 15) is 9.59 Å². The van der Waals surface area contributed by atoms with Crippen LogP contribution < -0.4 is 11.1 Å². The molecule has 0 aromatic carbocycles. The monoisotopic (exact) mass is 263 g/mol. The Morgan fingerprint density at radius 3 is 2.65 bits per heavy atom. The highest BCUT2D eigenvalue weighted by molar-refractivity contribution is 6.27. The summed E-state index contributed by atoms with van der Waals surface area (Å²) in [5, 5.41) is 2.51. The van der Waals surface area contributed by atoms with Gasteiger partial charge in [-0.1, -0.05) is 0 Å². The van der Waals surface area contributed by atoms with E-state index in [2.05, 4.69) is 15.0 Å².